The number of carbonyl (C=O) groups is 1. The Labute approximate surface area is 127 Å². The van der Waals surface area contributed by atoms with Crippen LogP contribution in [0.25, 0.3) is 12.7 Å². The molecule has 1 aromatic rings. The molecule has 1 saturated carbocycles. The lowest BCUT2D eigenvalue weighted by molar-refractivity contribution is -0.118. The van der Waals surface area contributed by atoms with Gasteiger partial charge in [-0.3, -0.25) is 4.79 Å². The summed E-state index contributed by atoms with van der Waals surface area (Å²) in [4.78, 5) is 12.2. The van der Waals surface area contributed by atoms with Gasteiger partial charge in [-0.15, -0.1) is 0 Å². The van der Waals surface area contributed by atoms with Crippen LogP contribution in [0.3, 0.4) is 0 Å². The first-order chi connectivity index (χ1) is 10.1. The van der Waals surface area contributed by atoms with Crippen molar-refractivity contribution in [2.75, 3.05) is 0 Å². The highest BCUT2D eigenvalue weighted by atomic mass is 16.1. The Kier molecular flexibility index (Phi) is 5.38. The van der Waals surface area contributed by atoms with E-state index < -0.39 is 0 Å². The number of benzene rings is 1. The minimum absolute atomic E-state index is 0.0480. The van der Waals surface area contributed by atoms with Crippen molar-refractivity contribution in [1.29, 1.82) is 0 Å². The molecule has 2 nitrogen and oxygen atoms in total. The minimum atomic E-state index is 0.0480. The van der Waals surface area contributed by atoms with Gasteiger partial charge in [-0.05, 0) is 36.1 Å². The van der Waals surface area contributed by atoms with Crippen LogP contribution < -0.4 is 15.8 Å². The molecule has 1 aromatic carbocycles. The van der Waals surface area contributed by atoms with E-state index in [0.717, 1.165) is 34.8 Å². The van der Waals surface area contributed by atoms with E-state index in [-0.39, 0.29) is 5.91 Å². The van der Waals surface area contributed by atoms with E-state index in [4.69, 9.17) is 0 Å². The lowest BCUT2D eigenvalue weighted by atomic mass is 9.87. The quantitative estimate of drug-likeness (QED) is 0.849. The molecule has 1 N–H and O–H groups in total. The third-order valence-corrected chi connectivity index (χ3v) is 4.20. The minimum Gasteiger partial charge on any atom is -0.350 e. The van der Waals surface area contributed by atoms with Crippen molar-refractivity contribution in [3.63, 3.8) is 0 Å². The molecule has 2 atom stereocenters. The van der Waals surface area contributed by atoms with Crippen LogP contribution in [0.4, 0.5) is 0 Å². The first kappa shape index (κ1) is 15.6. The topological polar surface area (TPSA) is 29.1 Å². The highest BCUT2D eigenvalue weighted by Crippen LogP contribution is 2.23. The molecule has 2 rings (SSSR count). The van der Waals surface area contributed by atoms with Crippen LogP contribution in [-0.2, 0) is 4.79 Å². The third kappa shape index (κ3) is 4.59. The summed E-state index contributed by atoms with van der Waals surface area (Å²) in [5.41, 5.74) is 0.747. The summed E-state index contributed by atoms with van der Waals surface area (Å²) in [7, 11) is 0. The van der Waals surface area contributed by atoms with Crippen LogP contribution in [0.15, 0.2) is 35.9 Å². The normalized spacial score (nSPS) is 23.9. The van der Waals surface area contributed by atoms with Crippen molar-refractivity contribution in [2.24, 2.45) is 5.92 Å². The van der Waals surface area contributed by atoms with Gasteiger partial charge in [-0.1, -0.05) is 62.8 Å². The van der Waals surface area contributed by atoms with Crippen LogP contribution >= 0.6 is 0 Å². The summed E-state index contributed by atoms with van der Waals surface area (Å²) >= 11 is 0. The monoisotopic (exact) mass is 283 g/mol. The molecule has 0 aromatic heterocycles. The van der Waals surface area contributed by atoms with Gasteiger partial charge in [0.15, 0.2) is 0 Å². The zero-order valence-electron chi connectivity index (χ0n) is 13.1. The lowest BCUT2D eigenvalue weighted by Crippen LogP contribution is -2.38. The first-order valence-electron chi connectivity index (χ1n) is 7.79. The van der Waals surface area contributed by atoms with Gasteiger partial charge in [0.05, 0.1) is 0 Å². The Morgan fingerprint density at radius 1 is 1.33 bits per heavy atom. The average Bonchev–Trinajstić information content (AvgIpc) is 2.46. The second-order valence-electron chi connectivity index (χ2n) is 6.16. The van der Waals surface area contributed by atoms with E-state index in [1.54, 1.807) is 0 Å². The van der Waals surface area contributed by atoms with Crippen LogP contribution in [-0.4, -0.2) is 11.9 Å². The van der Waals surface area contributed by atoms with Gasteiger partial charge < -0.3 is 5.32 Å². The molecule has 0 saturated heterocycles. The van der Waals surface area contributed by atoms with Gasteiger partial charge in [-0.25, -0.2) is 0 Å². The van der Waals surface area contributed by atoms with Gasteiger partial charge in [0.1, 0.15) is 0 Å². The second kappa shape index (κ2) is 7.26. The summed E-state index contributed by atoms with van der Waals surface area (Å²) in [5.74, 6) is 0.768. The fraction of sp³-hybridized carbons (Fsp3) is 0.421. The molecule has 1 aliphatic rings. The predicted molar refractivity (Wildman–Crippen MR) is 89.0 cm³/mol. The van der Waals surface area contributed by atoms with Crippen molar-refractivity contribution in [2.45, 2.75) is 45.6 Å². The van der Waals surface area contributed by atoms with Gasteiger partial charge in [0.25, 0.3) is 0 Å². The number of rotatable bonds is 3. The van der Waals surface area contributed by atoms with Crippen molar-refractivity contribution >= 4 is 18.6 Å². The molecule has 112 valence electrons. The Bertz CT molecular complexity index is 629. The third-order valence-electron chi connectivity index (χ3n) is 4.20. The zero-order chi connectivity index (χ0) is 15.2. The molecule has 0 bridgehead atoms. The van der Waals surface area contributed by atoms with Crippen molar-refractivity contribution in [3.8, 4) is 0 Å². The molecule has 2 heteroatoms. The molecule has 1 fully saturated rings. The Hall–Kier alpha value is -1.83. The van der Waals surface area contributed by atoms with E-state index >= 15 is 0 Å². The summed E-state index contributed by atoms with van der Waals surface area (Å²) in [6.07, 6.45) is 8.55. The molecule has 0 heterocycles. The summed E-state index contributed by atoms with van der Waals surface area (Å²) in [6, 6.07) is 8.26. The number of hydrogen-bond donors (Lipinski definition) is 1. The largest absolute Gasteiger partial charge is 0.350 e. The molecular formula is C19H25NO. The van der Waals surface area contributed by atoms with E-state index in [2.05, 4.69) is 18.8 Å². The van der Waals surface area contributed by atoms with Crippen molar-refractivity contribution in [3.05, 3.63) is 46.4 Å². The van der Waals surface area contributed by atoms with Crippen molar-refractivity contribution < 1.29 is 4.79 Å². The molecule has 1 amide bonds. The number of carbonyl (C=O) groups excluding carboxylic acids is 1. The van der Waals surface area contributed by atoms with E-state index in [0.29, 0.717) is 6.04 Å². The first-order valence-corrected chi connectivity index (χ1v) is 7.79. The number of allylic oxidation sites excluding steroid dienone is 1. The molecule has 2 unspecified atom stereocenters. The van der Waals surface area contributed by atoms with E-state index in [1.807, 2.05) is 43.3 Å². The lowest BCUT2D eigenvalue weighted by Gasteiger charge is -2.27. The Morgan fingerprint density at radius 3 is 2.81 bits per heavy atom. The fourth-order valence-corrected chi connectivity index (χ4v) is 2.85. The highest BCUT2D eigenvalue weighted by molar-refractivity contribution is 5.94. The SMILES string of the molecule is C=c1cccc/c1=C/C=C(\C)C(=O)NC1CCCC(C)C1. The predicted octanol–water partition coefficient (Wildman–Crippen LogP) is 2.52. The standard InChI is InChI=1S/C19H25NO/c1-14-7-6-10-18(13-14)20-19(21)16(3)11-12-17-9-5-4-8-15(17)2/h4-5,8-9,11-12,14,18H,2,6-7,10,13H2,1,3H3,(H,20,21)/b16-11+,17-12-. The van der Waals surface area contributed by atoms with Crippen LogP contribution in [0, 0.1) is 5.92 Å². The maximum absolute atomic E-state index is 12.2. The molecule has 1 aliphatic carbocycles. The summed E-state index contributed by atoms with van der Waals surface area (Å²) < 4.78 is 0. The number of nitrogens with one attached hydrogen (secondary N) is 1. The Balaban J connectivity index is 2.02. The fourth-order valence-electron chi connectivity index (χ4n) is 2.85. The van der Waals surface area contributed by atoms with Gasteiger partial charge >= 0.3 is 0 Å². The van der Waals surface area contributed by atoms with Crippen molar-refractivity contribution in [1.82, 2.24) is 5.32 Å². The number of hydrogen-bond acceptors (Lipinski definition) is 1. The maximum Gasteiger partial charge on any atom is 0.247 e. The summed E-state index contributed by atoms with van der Waals surface area (Å²) in [5, 5.41) is 5.18. The molecule has 0 radical (unpaired) electrons. The van der Waals surface area contributed by atoms with Gasteiger partial charge in [0.2, 0.25) is 5.91 Å². The summed E-state index contributed by atoms with van der Waals surface area (Å²) in [6.45, 7) is 8.11. The molecular weight excluding hydrogens is 258 g/mol. The Morgan fingerprint density at radius 2 is 2.10 bits per heavy atom. The van der Waals surface area contributed by atoms with Crippen LogP contribution in [0.5, 0.6) is 0 Å². The highest BCUT2D eigenvalue weighted by Gasteiger charge is 2.20. The average molecular weight is 283 g/mol. The molecule has 0 aliphatic heterocycles. The van der Waals surface area contributed by atoms with Crippen LogP contribution in [0.2, 0.25) is 0 Å². The maximum atomic E-state index is 12.2. The molecule has 0 spiro atoms. The zero-order valence-corrected chi connectivity index (χ0v) is 13.1. The smallest absolute Gasteiger partial charge is 0.247 e. The van der Waals surface area contributed by atoms with Crippen LogP contribution in [0.1, 0.15) is 39.5 Å². The van der Waals surface area contributed by atoms with E-state index in [1.165, 1.54) is 12.8 Å². The van der Waals surface area contributed by atoms with Gasteiger partial charge in [-0.2, -0.15) is 0 Å². The number of amides is 1. The molecule has 21 heavy (non-hydrogen) atoms. The van der Waals surface area contributed by atoms with Gasteiger partial charge in [0, 0.05) is 11.6 Å². The second-order valence-corrected chi connectivity index (χ2v) is 6.16. The van der Waals surface area contributed by atoms with E-state index in [9.17, 15) is 4.79 Å².